The molecule has 10 heteroatoms. The zero-order valence-corrected chi connectivity index (χ0v) is 26.1. The van der Waals surface area contributed by atoms with Crippen LogP contribution in [0.1, 0.15) is 55.5 Å². The maximum atomic E-state index is 13.7. The second-order valence-electron chi connectivity index (χ2n) is 11.5. The van der Waals surface area contributed by atoms with Crippen LogP contribution in [0.15, 0.2) is 42.5 Å². The number of piperidine rings is 1. The van der Waals surface area contributed by atoms with Crippen LogP contribution in [0.25, 0.3) is 0 Å². The first kappa shape index (κ1) is 32.4. The number of rotatable bonds is 14. The first-order valence-electron chi connectivity index (χ1n) is 15.5. The van der Waals surface area contributed by atoms with Gasteiger partial charge in [-0.15, -0.1) is 0 Å². The molecule has 0 bridgehead atoms. The number of hydrogen-bond donors (Lipinski definition) is 2. The summed E-state index contributed by atoms with van der Waals surface area (Å²) in [6.07, 6.45) is 3.59. The van der Waals surface area contributed by atoms with E-state index < -0.39 is 6.09 Å². The van der Waals surface area contributed by atoms with Crippen LogP contribution in [0, 0.1) is 5.92 Å². The van der Waals surface area contributed by atoms with Crippen molar-refractivity contribution < 1.29 is 28.5 Å². The third kappa shape index (κ3) is 9.00. The van der Waals surface area contributed by atoms with Crippen molar-refractivity contribution >= 4 is 17.7 Å². The SMILES string of the molecule is COCCCOc1cc(C(=O)N(C[C@H]2CNC[C@H]2OC(=O)NCc2ccccc2N2CCCCC2)C(C)C)ccc1OC. The van der Waals surface area contributed by atoms with Gasteiger partial charge in [-0.05, 0) is 62.9 Å². The van der Waals surface area contributed by atoms with Crippen LogP contribution in [0.5, 0.6) is 11.5 Å². The highest BCUT2D eigenvalue weighted by Crippen LogP contribution is 2.30. The van der Waals surface area contributed by atoms with Gasteiger partial charge in [-0.3, -0.25) is 4.79 Å². The van der Waals surface area contributed by atoms with Crippen molar-refractivity contribution in [3.8, 4) is 11.5 Å². The number of carbonyl (C=O) groups excluding carboxylic acids is 2. The van der Waals surface area contributed by atoms with Gasteiger partial charge in [-0.25, -0.2) is 4.79 Å². The van der Waals surface area contributed by atoms with Crippen LogP contribution in [0.4, 0.5) is 10.5 Å². The normalized spacial score (nSPS) is 18.4. The standard InChI is InChI=1S/C33H48N4O6/c1-24(2)37(32(38)25-13-14-29(41-4)30(19-25)42-18-10-17-40-3)23-27-20-34-22-31(27)43-33(39)35-21-26-11-6-7-12-28(26)36-15-8-5-9-16-36/h6-7,11-14,19,24,27,31,34H,5,8-10,15-18,20-23H2,1-4H3,(H,35,39)/t27-,31-/m1/s1. The topological polar surface area (TPSA) is 102 Å². The molecule has 0 unspecified atom stereocenters. The summed E-state index contributed by atoms with van der Waals surface area (Å²) in [5.41, 5.74) is 2.78. The number of hydrogen-bond acceptors (Lipinski definition) is 8. The Bertz CT molecular complexity index is 1190. The lowest BCUT2D eigenvalue weighted by Gasteiger charge is -2.31. The summed E-state index contributed by atoms with van der Waals surface area (Å²) < 4.78 is 22.3. The molecule has 0 saturated carbocycles. The molecule has 2 heterocycles. The maximum absolute atomic E-state index is 13.7. The van der Waals surface area contributed by atoms with E-state index in [1.165, 1.54) is 24.9 Å². The highest BCUT2D eigenvalue weighted by molar-refractivity contribution is 5.95. The summed E-state index contributed by atoms with van der Waals surface area (Å²) in [6, 6.07) is 13.4. The first-order chi connectivity index (χ1) is 20.9. The van der Waals surface area contributed by atoms with Gasteiger partial charge in [-0.2, -0.15) is 0 Å². The molecule has 2 saturated heterocycles. The number of benzene rings is 2. The summed E-state index contributed by atoms with van der Waals surface area (Å²) >= 11 is 0. The molecule has 0 aromatic heterocycles. The lowest BCUT2D eigenvalue weighted by molar-refractivity contribution is 0.0521. The molecule has 10 nitrogen and oxygen atoms in total. The Kier molecular flexibility index (Phi) is 12.3. The molecule has 2 aromatic rings. The third-order valence-corrected chi connectivity index (χ3v) is 8.12. The molecule has 0 aliphatic carbocycles. The second-order valence-corrected chi connectivity index (χ2v) is 11.5. The van der Waals surface area contributed by atoms with E-state index in [0.29, 0.717) is 56.5 Å². The first-order valence-corrected chi connectivity index (χ1v) is 15.5. The number of carbonyl (C=O) groups is 2. The van der Waals surface area contributed by atoms with E-state index in [4.69, 9.17) is 18.9 Å². The predicted molar refractivity (Wildman–Crippen MR) is 167 cm³/mol. The summed E-state index contributed by atoms with van der Waals surface area (Å²) in [6.45, 7) is 9.17. The van der Waals surface area contributed by atoms with Crippen LogP contribution in [-0.4, -0.2) is 89.2 Å². The van der Waals surface area contributed by atoms with E-state index in [0.717, 1.165) is 25.1 Å². The molecule has 2 atom stereocenters. The average molecular weight is 597 g/mol. The van der Waals surface area contributed by atoms with Gasteiger partial charge in [0.15, 0.2) is 11.5 Å². The van der Waals surface area contributed by atoms with Gasteiger partial charge in [0.2, 0.25) is 0 Å². The molecule has 0 radical (unpaired) electrons. The fourth-order valence-electron chi connectivity index (χ4n) is 5.73. The van der Waals surface area contributed by atoms with Crippen LogP contribution in [0.3, 0.4) is 0 Å². The molecule has 4 rings (SSSR count). The number of ether oxygens (including phenoxy) is 4. The van der Waals surface area contributed by atoms with E-state index >= 15 is 0 Å². The summed E-state index contributed by atoms with van der Waals surface area (Å²) in [7, 11) is 3.23. The Morgan fingerprint density at radius 3 is 2.56 bits per heavy atom. The molecule has 236 valence electrons. The van der Waals surface area contributed by atoms with Crippen molar-refractivity contribution in [2.24, 2.45) is 5.92 Å². The molecule has 2 aliphatic rings. The fourth-order valence-corrected chi connectivity index (χ4v) is 5.73. The lowest BCUT2D eigenvalue weighted by atomic mass is 10.0. The largest absolute Gasteiger partial charge is 0.493 e. The van der Waals surface area contributed by atoms with Crippen LogP contribution < -0.4 is 25.0 Å². The molecule has 2 fully saturated rings. The van der Waals surface area contributed by atoms with Crippen LogP contribution in [-0.2, 0) is 16.0 Å². The fraction of sp³-hybridized carbons (Fsp3) is 0.576. The Morgan fingerprint density at radius 2 is 1.81 bits per heavy atom. The number of anilines is 1. The Morgan fingerprint density at radius 1 is 1.02 bits per heavy atom. The van der Waals surface area contributed by atoms with Crippen LogP contribution in [0.2, 0.25) is 0 Å². The smallest absolute Gasteiger partial charge is 0.407 e. The van der Waals surface area contributed by atoms with Gasteiger partial charge in [0.1, 0.15) is 6.10 Å². The predicted octanol–water partition coefficient (Wildman–Crippen LogP) is 4.47. The van der Waals surface area contributed by atoms with Crippen molar-refractivity contribution in [2.75, 3.05) is 65.1 Å². The maximum Gasteiger partial charge on any atom is 0.407 e. The molecular weight excluding hydrogens is 548 g/mol. The van der Waals surface area contributed by atoms with Gasteiger partial charge < -0.3 is 39.4 Å². The van der Waals surface area contributed by atoms with Crippen molar-refractivity contribution in [2.45, 2.75) is 58.2 Å². The number of nitrogens with zero attached hydrogens (tertiary/aromatic N) is 2. The van der Waals surface area contributed by atoms with Crippen LogP contribution >= 0.6 is 0 Å². The van der Waals surface area contributed by atoms with Gasteiger partial charge in [0.05, 0.1) is 13.7 Å². The van der Waals surface area contributed by atoms with Gasteiger partial charge in [-0.1, -0.05) is 18.2 Å². The van der Waals surface area contributed by atoms with E-state index in [-0.39, 0.29) is 24.0 Å². The highest BCUT2D eigenvalue weighted by atomic mass is 16.6. The molecule has 2 N–H and O–H groups in total. The number of alkyl carbamates (subject to hydrolysis) is 1. The van der Waals surface area contributed by atoms with E-state index in [1.54, 1.807) is 32.4 Å². The highest BCUT2D eigenvalue weighted by Gasteiger charge is 2.34. The molecule has 2 amide bonds. The average Bonchev–Trinajstić information content (AvgIpc) is 3.47. The van der Waals surface area contributed by atoms with Gasteiger partial charge in [0.25, 0.3) is 5.91 Å². The molecule has 43 heavy (non-hydrogen) atoms. The van der Waals surface area contributed by atoms with E-state index in [2.05, 4.69) is 27.7 Å². The van der Waals surface area contributed by atoms with Gasteiger partial charge >= 0.3 is 6.09 Å². The Labute approximate surface area is 256 Å². The van der Waals surface area contributed by atoms with Crippen molar-refractivity contribution in [3.63, 3.8) is 0 Å². The zero-order valence-electron chi connectivity index (χ0n) is 26.1. The second kappa shape index (κ2) is 16.4. The molecule has 0 spiro atoms. The monoisotopic (exact) mass is 596 g/mol. The quantitative estimate of drug-likeness (QED) is 0.308. The molecule has 2 aliphatic heterocycles. The van der Waals surface area contributed by atoms with Crippen molar-refractivity contribution in [1.82, 2.24) is 15.5 Å². The van der Waals surface area contributed by atoms with E-state index in [1.807, 2.05) is 30.9 Å². The number of amides is 2. The molecule has 2 aromatic carbocycles. The minimum absolute atomic E-state index is 0.0410. The van der Waals surface area contributed by atoms with Gasteiger partial charge in [0, 0.05) is 82.6 Å². The van der Waals surface area contributed by atoms with Crippen molar-refractivity contribution in [1.29, 1.82) is 0 Å². The minimum atomic E-state index is -0.444. The minimum Gasteiger partial charge on any atom is -0.493 e. The number of methoxy groups -OCH3 is 2. The summed E-state index contributed by atoms with van der Waals surface area (Å²) in [5.74, 6) is 0.947. The zero-order chi connectivity index (χ0) is 30.6. The van der Waals surface area contributed by atoms with Crippen molar-refractivity contribution in [3.05, 3.63) is 53.6 Å². The number of para-hydroxylation sites is 1. The van der Waals surface area contributed by atoms with E-state index in [9.17, 15) is 9.59 Å². The molecular formula is C33H48N4O6. The summed E-state index contributed by atoms with van der Waals surface area (Å²) in [5, 5.41) is 6.30. The Hall–Kier alpha value is -3.50. The number of nitrogens with one attached hydrogen (secondary N) is 2. The third-order valence-electron chi connectivity index (χ3n) is 8.12. The summed E-state index contributed by atoms with van der Waals surface area (Å²) in [4.78, 5) is 30.9. The Balaban J connectivity index is 1.36. The lowest BCUT2D eigenvalue weighted by Crippen LogP contribution is -2.44.